The van der Waals surface area contributed by atoms with Crippen molar-refractivity contribution in [3.63, 3.8) is 0 Å². The summed E-state index contributed by atoms with van der Waals surface area (Å²) in [6.07, 6.45) is 1.84. The highest BCUT2D eigenvalue weighted by Crippen LogP contribution is 2.39. The molecular formula is C18H19N3O7. The van der Waals surface area contributed by atoms with E-state index in [1.165, 1.54) is 12.1 Å². The number of carbonyl (C=O) groups excluding carboxylic acids is 1. The van der Waals surface area contributed by atoms with Crippen LogP contribution in [-0.4, -0.2) is 29.5 Å². The van der Waals surface area contributed by atoms with Crippen molar-refractivity contribution in [3.05, 3.63) is 62.2 Å². The van der Waals surface area contributed by atoms with Crippen molar-refractivity contribution in [3.8, 4) is 11.5 Å². The van der Waals surface area contributed by atoms with E-state index < -0.39 is 32.9 Å². The molecule has 0 atom stereocenters. The van der Waals surface area contributed by atoms with Gasteiger partial charge in [0.15, 0.2) is 0 Å². The molecule has 10 heteroatoms. The van der Waals surface area contributed by atoms with Gasteiger partial charge in [-0.15, -0.1) is 0 Å². The lowest BCUT2D eigenvalue weighted by Crippen LogP contribution is -2.13. The number of nitrogens with zero attached hydrogens (tertiary/aromatic N) is 2. The van der Waals surface area contributed by atoms with Gasteiger partial charge in [0.1, 0.15) is 5.75 Å². The van der Waals surface area contributed by atoms with Gasteiger partial charge in [0.25, 0.3) is 11.7 Å². The van der Waals surface area contributed by atoms with E-state index in [4.69, 9.17) is 9.47 Å². The highest BCUT2D eigenvalue weighted by molar-refractivity contribution is 6.05. The Hall–Kier alpha value is -3.69. The number of hydrogen-bond acceptors (Lipinski definition) is 7. The van der Waals surface area contributed by atoms with Crippen molar-refractivity contribution in [1.82, 2.24) is 0 Å². The molecule has 0 unspecified atom stereocenters. The third kappa shape index (κ3) is 4.93. The molecule has 2 aromatic rings. The first kappa shape index (κ1) is 20.6. The summed E-state index contributed by atoms with van der Waals surface area (Å²) >= 11 is 0. The molecule has 2 aromatic carbocycles. The second-order valence-corrected chi connectivity index (χ2v) is 5.75. The summed E-state index contributed by atoms with van der Waals surface area (Å²) in [7, 11) is 1.09. The lowest BCUT2D eigenvalue weighted by Gasteiger charge is -2.10. The van der Waals surface area contributed by atoms with Gasteiger partial charge in [0.2, 0.25) is 0 Å². The summed E-state index contributed by atoms with van der Waals surface area (Å²) in [6.45, 7) is 2.54. The van der Waals surface area contributed by atoms with Gasteiger partial charge in [-0.3, -0.25) is 25.0 Å². The Balaban J connectivity index is 2.30. The number of ether oxygens (including phenoxy) is 2. The molecule has 28 heavy (non-hydrogen) atoms. The van der Waals surface area contributed by atoms with E-state index in [9.17, 15) is 25.0 Å². The maximum Gasteiger partial charge on any atom is 0.320 e. The highest BCUT2D eigenvalue weighted by Gasteiger charge is 2.28. The molecule has 0 fully saturated rings. The molecule has 148 valence electrons. The van der Waals surface area contributed by atoms with Crippen molar-refractivity contribution in [2.45, 2.75) is 19.8 Å². The molecule has 1 N–H and O–H groups in total. The fraction of sp³-hybridized carbons (Fsp3) is 0.278. The zero-order valence-corrected chi connectivity index (χ0v) is 15.3. The summed E-state index contributed by atoms with van der Waals surface area (Å²) in [5.74, 6) is -0.568. The molecule has 0 aromatic heterocycles. The topological polar surface area (TPSA) is 134 Å². The predicted molar refractivity (Wildman–Crippen MR) is 101 cm³/mol. The molecular weight excluding hydrogens is 370 g/mol. The summed E-state index contributed by atoms with van der Waals surface area (Å²) in [6, 6.07) is 8.41. The fourth-order valence-electron chi connectivity index (χ4n) is 2.42. The van der Waals surface area contributed by atoms with Gasteiger partial charge in [-0.05, 0) is 24.6 Å². The van der Waals surface area contributed by atoms with E-state index in [0.717, 1.165) is 32.1 Å². The number of nitrogens with one attached hydrogen (secondary N) is 1. The Morgan fingerprint density at radius 2 is 1.75 bits per heavy atom. The third-order valence-electron chi connectivity index (χ3n) is 3.77. The highest BCUT2D eigenvalue weighted by atomic mass is 16.6. The molecule has 0 radical (unpaired) electrons. The van der Waals surface area contributed by atoms with Crippen LogP contribution in [0.4, 0.5) is 17.1 Å². The van der Waals surface area contributed by atoms with Gasteiger partial charge in [-0.2, -0.15) is 0 Å². The lowest BCUT2D eigenvalue weighted by atomic mass is 10.1. The fourth-order valence-corrected chi connectivity index (χ4v) is 2.42. The molecule has 0 heterocycles. The van der Waals surface area contributed by atoms with E-state index in [2.05, 4.69) is 5.32 Å². The Morgan fingerprint density at radius 3 is 2.29 bits per heavy atom. The monoisotopic (exact) mass is 389 g/mol. The molecule has 2 rings (SSSR count). The first-order chi connectivity index (χ1) is 13.4. The Morgan fingerprint density at radius 1 is 1.11 bits per heavy atom. The number of nitro groups is 2. The minimum atomic E-state index is -0.816. The first-order valence-corrected chi connectivity index (χ1v) is 8.42. The Kier molecular flexibility index (Phi) is 6.85. The summed E-state index contributed by atoms with van der Waals surface area (Å²) in [4.78, 5) is 33.3. The normalized spacial score (nSPS) is 10.2. The summed E-state index contributed by atoms with van der Waals surface area (Å²) < 4.78 is 10.3. The van der Waals surface area contributed by atoms with E-state index in [-0.39, 0.29) is 11.3 Å². The van der Waals surface area contributed by atoms with Crippen molar-refractivity contribution >= 4 is 23.0 Å². The van der Waals surface area contributed by atoms with E-state index in [1.807, 2.05) is 6.92 Å². The molecule has 0 saturated carbocycles. The standard InChI is InChI=1S/C18H19N3O7/c1-3-4-8-28-14-7-5-6-12(9-14)18(22)19-13-10-15(20(23)24)17(27-2)16(11-13)21(25)26/h5-7,9-11H,3-4,8H2,1-2H3,(H,19,22). The van der Waals surface area contributed by atoms with Gasteiger partial charge < -0.3 is 14.8 Å². The molecule has 0 spiro atoms. The van der Waals surface area contributed by atoms with Crippen LogP contribution in [0.25, 0.3) is 0 Å². The Bertz CT molecular complexity index is 863. The van der Waals surface area contributed by atoms with Crippen molar-refractivity contribution < 1.29 is 24.1 Å². The van der Waals surface area contributed by atoms with Crippen LogP contribution >= 0.6 is 0 Å². The molecule has 0 bridgehead atoms. The largest absolute Gasteiger partial charge is 0.494 e. The minimum Gasteiger partial charge on any atom is -0.494 e. The Labute approximate surface area is 160 Å². The van der Waals surface area contributed by atoms with Crippen LogP contribution < -0.4 is 14.8 Å². The maximum absolute atomic E-state index is 12.5. The number of unbranched alkanes of at least 4 members (excludes halogenated alkanes) is 1. The van der Waals surface area contributed by atoms with Gasteiger partial charge in [0.05, 0.1) is 29.3 Å². The van der Waals surface area contributed by atoms with E-state index in [1.54, 1.807) is 12.1 Å². The van der Waals surface area contributed by atoms with Crippen LogP contribution in [0, 0.1) is 20.2 Å². The number of benzene rings is 2. The molecule has 0 aliphatic heterocycles. The number of methoxy groups -OCH3 is 1. The number of rotatable bonds is 9. The molecule has 0 aliphatic carbocycles. The number of amides is 1. The number of anilines is 1. The van der Waals surface area contributed by atoms with Crippen molar-refractivity contribution in [1.29, 1.82) is 0 Å². The maximum atomic E-state index is 12.5. The van der Waals surface area contributed by atoms with Crippen LogP contribution in [-0.2, 0) is 0 Å². The zero-order valence-electron chi connectivity index (χ0n) is 15.3. The molecule has 10 nitrogen and oxygen atoms in total. The number of carbonyl (C=O) groups is 1. The van der Waals surface area contributed by atoms with Crippen LogP contribution in [0.5, 0.6) is 11.5 Å². The predicted octanol–water partition coefficient (Wildman–Crippen LogP) is 3.94. The van der Waals surface area contributed by atoms with E-state index >= 15 is 0 Å². The minimum absolute atomic E-state index is 0.0958. The van der Waals surface area contributed by atoms with Crippen LogP contribution in [0.15, 0.2) is 36.4 Å². The van der Waals surface area contributed by atoms with Gasteiger partial charge in [-0.1, -0.05) is 19.4 Å². The number of hydrogen-bond donors (Lipinski definition) is 1. The van der Waals surface area contributed by atoms with Gasteiger partial charge >= 0.3 is 11.4 Å². The first-order valence-electron chi connectivity index (χ1n) is 8.42. The second kappa shape index (κ2) is 9.31. The van der Waals surface area contributed by atoms with Crippen LogP contribution in [0.3, 0.4) is 0 Å². The molecule has 1 amide bonds. The van der Waals surface area contributed by atoms with Gasteiger partial charge in [0, 0.05) is 17.7 Å². The average molecular weight is 389 g/mol. The van der Waals surface area contributed by atoms with Crippen molar-refractivity contribution in [2.24, 2.45) is 0 Å². The summed E-state index contributed by atoms with van der Waals surface area (Å²) in [5, 5.41) is 24.8. The van der Waals surface area contributed by atoms with Crippen molar-refractivity contribution in [2.75, 3.05) is 19.0 Å². The quantitative estimate of drug-likeness (QED) is 0.390. The third-order valence-corrected chi connectivity index (χ3v) is 3.77. The lowest BCUT2D eigenvalue weighted by molar-refractivity contribution is -0.395. The number of nitro benzene ring substituents is 2. The molecule has 0 aliphatic rings. The van der Waals surface area contributed by atoms with Crippen LogP contribution in [0.1, 0.15) is 30.1 Å². The van der Waals surface area contributed by atoms with E-state index in [0.29, 0.717) is 12.4 Å². The smallest absolute Gasteiger partial charge is 0.320 e. The summed E-state index contributed by atoms with van der Waals surface area (Å²) in [5.41, 5.74) is -1.09. The van der Waals surface area contributed by atoms with Crippen LogP contribution in [0.2, 0.25) is 0 Å². The second-order valence-electron chi connectivity index (χ2n) is 5.75. The SMILES string of the molecule is CCCCOc1cccc(C(=O)Nc2cc([N+](=O)[O-])c(OC)c([N+](=O)[O-])c2)c1. The average Bonchev–Trinajstić information content (AvgIpc) is 2.67. The molecule has 0 saturated heterocycles. The zero-order chi connectivity index (χ0) is 20.7. The van der Waals surface area contributed by atoms with Gasteiger partial charge in [-0.25, -0.2) is 0 Å².